The third-order valence-corrected chi connectivity index (χ3v) is 6.31. The van der Waals surface area contributed by atoms with Crippen LogP contribution in [0.3, 0.4) is 0 Å². The molecule has 1 saturated heterocycles. The van der Waals surface area contributed by atoms with Crippen molar-refractivity contribution in [2.45, 2.75) is 71.1 Å². The average molecular weight is 443 g/mol. The lowest BCUT2D eigenvalue weighted by atomic mass is 10.0. The van der Waals surface area contributed by atoms with Crippen molar-refractivity contribution in [1.29, 1.82) is 0 Å². The van der Waals surface area contributed by atoms with E-state index in [0.717, 1.165) is 32.4 Å². The number of piperidine rings is 1. The van der Waals surface area contributed by atoms with Gasteiger partial charge in [0.25, 0.3) is 0 Å². The van der Waals surface area contributed by atoms with Gasteiger partial charge in [-0.1, -0.05) is 42.0 Å². The highest BCUT2D eigenvalue weighted by Crippen LogP contribution is 2.44. The first-order valence-corrected chi connectivity index (χ1v) is 11.7. The molecule has 6 nitrogen and oxygen atoms in total. The molecule has 1 amide bonds. The molecule has 1 aromatic carbocycles. The lowest BCUT2D eigenvalue weighted by molar-refractivity contribution is -0.141. The highest BCUT2D eigenvalue weighted by atomic mass is 16.6. The second-order valence-electron chi connectivity index (χ2n) is 10.00. The van der Waals surface area contributed by atoms with Crippen molar-refractivity contribution in [3.63, 3.8) is 0 Å². The van der Waals surface area contributed by atoms with Gasteiger partial charge >= 0.3 is 12.1 Å². The van der Waals surface area contributed by atoms with Gasteiger partial charge in [-0.3, -0.25) is 4.79 Å². The van der Waals surface area contributed by atoms with E-state index in [4.69, 9.17) is 9.47 Å². The third kappa shape index (κ3) is 6.83. The third-order valence-electron chi connectivity index (χ3n) is 6.31. The number of carbonyl (C=O) groups is 2. The van der Waals surface area contributed by atoms with Crippen LogP contribution in [-0.4, -0.2) is 66.3 Å². The van der Waals surface area contributed by atoms with Crippen LogP contribution >= 0.6 is 0 Å². The number of hydrogen-bond donors (Lipinski definition) is 0. The number of esters is 1. The van der Waals surface area contributed by atoms with Crippen LogP contribution in [-0.2, 0) is 14.3 Å². The summed E-state index contributed by atoms with van der Waals surface area (Å²) in [5.74, 6) is 0.198. The Labute approximate surface area is 192 Å². The van der Waals surface area contributed by atoms with Crippen molar-refractivity contribution in [2.24, 2.45) is 5.92 Å². The van der Waals surface area contributed by atoms with Crippen molar-refractivity contribution < 1.29 is 19.1 Å². The molecular weight excluding hydrogens is 404 g/mol. The van der Waals surface area contributed by atoms with Crippen LogP contribution in [0.2, 0.25) is 0 Å². The second kappa shape index (κ2) is 10.5. The minimum atomic E-state index is -0.518. The molecule has 0 radical (unpaired) electrons. The van der Waals surface area contributed by atoms with Crippen molar-refractivity contribution in [3.8, 4) is 0 Å². The minimum Gasteiger partial charge on any atom is -0.469 e. The van der Waals surface area contributed by atoms with Crippen molar-refractivity contribution in [1.82, 2.24) is 9.80 Å². The molecule has 0 spiro atoms. The molecule has 2 atom stereocenters. The topological polar surface area (TPSA) is 59.1 Å². The maximum atomic E-state index is 13.2. The zero-order valence-corrected chi connectivity index (χ0v) is 20.2. The van der Waals surface area contributed by atoms with Crippen LogP contribution in [0.5, 0.6) is 0 Å². The lowest BCUT2D eigenvalue weighted by Crippen LogP contribution is -2.50. The molecule has 1 saturated carbocycles. The molecular formula is C26H38N2O4. The minimum absolute atomic E-state index is 0.166. The predicted octanol–water partition coefficient (Wildman–Crippen LogP) is 4.74. The summed E-state index contributed by atoms with van der Waals surface area (Å²) in [4.78, 5) is 29.0. The van der Waals surface area contributed by atoms with E-state index < -0.39 is 5.60 Å². The molecule has 0 N–H and O–H groups in total. The molecule has 1 aromatic rings. The zero-order valence-electron chi connectivity index (χ0n) is 20.2. The Morgan fingerprint density at radius 1 is 1.16 bits per heavy atom. The predicted molar refractivity (Wildman–Crippen MR) is 126 cm³/mol. The summed E-state index contributed by atoms with van der Waals surface area (Å²) in [5.41, 5.74) is 1.99. The number of ether oxygens (including phenoxy) is 2. The number of hydrogen-bond acceptors (Lipinski definition) is 5. The van der Waals surface area contributed by atoms with E-state index in [9.17, 15) is 9.59 Å². The summed E-state index contributed by atoms with van der Waals surface area (Å²) in [7, 11) is 1.42. The smallest absolute Gasteiger partial charge is 0.410 e. The van der Waals surface area contributed by atoms with Crippen molar-refractivity contribution >= 4 is 18.1 Å². The van der Waals surface area contributed by atoms with E-state index in [1.54, 1.807) is 0 Å². The first kappa shape index (κ1) is 24.3. The van der Waals surface area contributed by atoms with Crippen LogP contribution < -0.4 is 0 Å². The van der Waals surface area contributed by atoms with E-state index in [2.05, 4.69) is 30.0 Å². The van der Waals surface area contributed by atoms with Gasteiger partial charge in [-0.2, -0.15) is 0 Å². The van der Waals surface area contributed by atoms with E-state index in [1.807, 2.05) is 43.9 Å². The number of amides is 1. The monoisotopic (exact) mass is 442 g/mol. The molecule has 0 aromatic heterocycles. The van der Waals surface area contributed by atoms with E-state index in [0.29, 0.717) is 18.9 Å². The van der Waals surface area contributed by atoms with Crippen LogP contribution in [0.25, 0.3) is 6.08 Å². The van der Waals surface area contributed by atoms with E-state index >= 15 is 0 Å². The van der Waals surface area contributed by atoms with Crippen molar-refractivity contribution in [3.05, 3.63) is 41.5 Å². The number of carbonyl (C=O) groups excluding carboxylic acids is 2. The Kier molecular flexibility index (Phi) is 7.99. The van der Waals surface area contributed by atoms with E-state index in [1.165, 1.54) is 18.2 Å². The summed E-state index contributed by atoms with van der Waals surface area (Å²) in [6, 6.07) is 10.7. The molecule has 2 aliphatic rings. The molecule has 3 rings (SSSR count). The first-order valence-electron chi connectivity index (χ1n) is 11.7. The fourth-order valence-corrected chi connectivity index (χ4v) is 4.54. The van der Waals surface area contributed by atoms with Crippen LogP contribution in [0.15, 0.2) is 35.9 Å². The van der Waals surface area contributed by atoms with Gasteiger partial charge in [0.2, 0.25) is 0 Å². The van der Waals surface area contributed by atoms with Gasteiger partial charge in [-0.05, 0) is 52.5 Å². The van der Waals surface area contributed by atoms with Crippen molar-refractivity contribution in [2.75, 3.05) is 26.7 Å². The van der Waals surface area contributed by atoms with Gasteiger partial charge in [0.1, 0.15) is 5.60 Å². The van der Waals surface area contributed by atoms with Gasteiger partial charge in [0, 0.05) is 37.6 Å². The molecule has 1 aliphatic carbocycles. The standard InChI is InChI=1S/C26H38N2O4/c1-19(17-20-9-7-6-8-10-20)22-18-23(22)28(25(30)32-26(2,3)4)21-11-14-27(15-12-21)16-13-24(29)31-5/h6-10,17,21-23H,11-16,18H2,1-5H3/b19-17+/t22-,23+/m0/s1. The lowest BCUT2D eigenvalue weighted by Gasteiger charge is -2.39. The van der Waals surface area contributed by atoms with Crippen LogP contribution in [0.1, 0.15) is 58.9 Å². The molecule has 176 valence electrons. The van der Waals surface area contributed by atoms with Crippen LogP contribution in [0.4, 0.5) is 4.79 Å². The number of nitrogens with zero attached hydrogens (tertiary/aromatic N) is 2. The Hall–Kier alpha value is -2.34. The van der Waals surface area contributed by atoms with Gasteiger partial charge < -0.3 is 19.3 Å². The summed E-state index contributed by atoms with van der Waals surface area (Å²) in [6.45, 7) is 10.4. The molecule has 1 aliphatic heterocycles. The Balaban J connectivity index is 1.66. The summed E-state index contributed by atoms with van der Waals surface area (Å²) >= 11 is 0. The molecule has 0 unspecified atom stereocenters. The van der Waals surface area contributed by atoms with Gasteiger partial charge in [-0.15, -0.1) is 0 Å². The second-order valence-corrected chi connectivity index (χ2v) is 10.00. The number of methoxy groups -OCH3 is 1. The SMILES string of the molecule is COC(=O)CCN1CCC(N(C(=O)OC(C)(C)C)[C@@H]2C[C@H]2/C(C)=C/c2ccccc2)CC1. The summed E-state index contributed by atoms with van der Waals surface area (Å²) in [6.07, 6.45) is 5.21. The zero-order chi connectivity index (χ0) is 23.3. The fraction of sp³-hybridized carbons (Fsp3) is 0.615. The molecule has 2 fully saturated rings. The van der Waals surface area contributed by atoms with Gasteiger partial charge in [0.05, 0.1) is 13.5 Å². The first-order chi connectivity index (χ1) is 15.2. The number of likely N-dealkylation sites (tertiary alicyclic amines) is 1. The number of rotatable bonds is 7. The highest BCUT2D eigenvalue weighted by Gasteiger charge is 2.48. The van der Waals surface area contributed by atoms with Gasteiger partial charge in [0.15, 0.2) is 0 Å². The number of benzene rings is 1. The maximum Gasteiger partial charge on any atom is 0.410 e. The largest absolute Gasteiger partial charge is 0.469 e. The quantitative estimate of drug-likeness (QED) is 0.571. The fourth-order valence-electron chi connectivity index (χ4n) is 4.54. The Morgan fingerprint density at radius 2 is 1.81 bits per heavy atom. The average Bonchev–Trinajstić information content (AvgIpc) is 3.53. The Bertz CT molecular complexity index is 807. The normalized spacial score (nSPS) is 22.3. The summed E-state index contributed by atoms with van der Waals surface area (Å²) < 4.78 is 10.6. The van der Waals surface area contributed by atoms with Gasteiger partial charge in [-0.25, -0.2) is 4.79 Å². The van der Waals surface area contributed by atoms with Crippen LogP contribution in [0, 0.1) is 5.92 Å². The van der Waals surface area contributed by atoms with E-state index in [-0.39, 0.29) is 24.1 Å². The summed E-state index contributed by atoms with van der Waals surface area (Å²) in [5, 5.41) is 0. The molecule has 1 heterocycles. The highest BCUT2D eigenvalue weighted by molar-refractivity contribution is 5.70. The molecule has 32 heavy (non-hydrogen) atoms. The Morgan fingerprint density at radius 3 is 2.41 bits per heavy atom. The molecule has 6 heteroatoms. The molecule has 0 bridgehead atoms. The maximum absolute atomic E-state index is 13.2.